The third-order valence-electron chi connectivity index (χ3n) is 5.52. The molecule has 18 heavy (non-hydrogen) atoms. The second-order valence-corrected chi connectivity index (χ2v) is 6.94. The van der Waals surface area contributed by atoms with Crippen LogP contribution < -0.4 is 0 Å². The molecule has 3 heterocycles. The molecule has 0 saturated carbocycles. The van der Waals surface area contributed by atoms with Gasteiger partial charge in [0, 0.05) is 0 Å². The molecule has 0 N–H and O–H groups in total. The summed E-state index contributed by atoms with van der Waals surface area (Å²) >= 11 is 0. The van der Waals surface area contributed by atoms with E-state index >= 15 is 0 Å². The van der Waals surface area contributed by atoms with Gasteiger partial charge >= 0.3 is 0 Å². The minimum Gasteiger partial charge on any atom is -0.324 e. The van der Waals surface area contributed by atoms with E-state index in [0.717, 1.165) is 5.92 Å². The topological polar surface area (TPSA) is 0 Å². The van der Waals surface area contributed by atoms with E-state index < -0.39 is 0 Å². The maximum atomic E-state index is 2.30. The molecule has 0 aromatic rings. The number of piperidine rings is 3. The van der Waals surface area contributed by atoms with Crippen LogP contribution in [0.3, 0.4) is 0 Å². The smallest absolute Gasteiger partial charge is 0.0789 e. The van der Waals surface area contributed by atoms with E-state index in [-0.39, 0.29) is 0 Å². The van der Waals surface area contributed by atoms with Crippen LogP contribution >= 0.6 is 0 Å². The van der Waals surface area contributed by atoms with Crippen LogP contribution in [0.4, 0.5) is 0 Å². The van der Waals surface area contributed by atoms with Gasteiger partial charge in [0.05, 0.1) is 26.2 Å². The molecule has 3 aliphatic rings. The van der Waals surface area contributed by atoms with Crippen molar-refractivity contribution < 1.29 is 4.48 Å². The van der Waals surface area contributed by atoms with E-state index in [1.165, 1.54) is 101 Å². The molecule has 0 radical (unpaired) electrons. The highest BCUT2D eigenvalue weighted by Gasteiger charge is 2.38. The first-order valence-electron chi connectivity index (χ1n) is 8.70. The molecule has 0 aromatic heterocycles. The van der Waals surface area contributed by atoms with Crippen molar-refractivity contribution in [1.29, 1.82) is 0 Å². The number of unbranched alkanes of at least 4 members (excludes halogenated alkanes) is 7. The molecule has 106 valence electrons. The van der Waals surface area contributed by atoms with Crippen LogP contribution in [0.15, 0.2) is 0 Å². The summed E-state index contributed by atoms with van der Waals surface area (Å²) in [6.07, 6.45) is 16.4. The summed E-state index contributed by atoms with van der Waals surface area (Å²) in [5.41, 5.74) is 0. The van der Waals surface area contributed by atoms with Crippen molar-refractivity contribution in [3.63, 3.8) is 0 Å². The fourth-order valence-corrected chi connectivity index (χ4v) is 4.05. The van der Waals surface area contributed by atoms with Crippen molar-refractivity contribution >= 4 is 0 Å². The van der Waals surface area contributed by atoms with Crippen LogP contribution in [0.1, 0.15) is 77.6 Å². The first-order chi connectivity index (χ1) is 8.85. The van der Waals surface area contributed by atoms with E-state index in [2.05, 4.69) is 6.92 Å². The quantitative estimate of drug-likeness (QED) is 0.410. The number of quaternary nitrogens is 1. The summed E-state index contributed by atoms with van der Waals surface area (Å²) in [4.78, 5) is 0. The number of hydrogen-bond donors (Lipinski definition) is 0. The standard InChI is InChI=1S/C17H34N/c1-2-3-4-5-6-7-8-9-13-18-14-10-17(11-15-18)12-16-18/h17H,2-16H2,1H3/q+1. The highest BCUT2D eigenvalue weighted by molar-refractivity contribution is 4.71. The monoisotopic (exact) mass is 252 g/mol. The zero-order valence-electron chi connectivity index (χ0n) is 12.6. The molecule has 0 spiro atoms. The maximum Gasteiger partial charge on any atom is 0.0789 e. The minimum atomic E-state index is 1.11. The number of hydrogen-bond acceptors (Lipinski definition) is 0. The van der Waals surface area contributed by atoms with Gasteiger partial charge in [-0.3, -0.25) is 0 Å². The maximum absolute atomic E-state index is 2.30. The molecule has 1 nitrogen and oxygen atoms in total. The summed E-state index contributed by atoms with van der Waals surface area (Å²) in [5.74, 6) is 1.11. The predicted octanol–water partition coefficient (Wildman–Crippen LogP) is 4.76. The average molecular weight is 252 g/mol. The van der Waals surface area contributed by atoms with Crippen molar-refractivity contribution in [2.24, 2.45) is 5.92 Å². The van der Waals surface area contributed by atoms with E-state index in [1.807, 2.05) is 0 Å². The Kier molecular flexibility index (Phi) is 6.01. The summed E-state index contributed by atoms with van der Waals surface area (Å²) in [6, 6.07) is 0. The summed E-state index contributed by atoms with van der Waals surface area (Å²) in [7, 11) is 0. The minimum absolute atomic E-state index is 1.11. The summed E-state index contributed by atoms with van der Waals surface area (Å²) < 4.78 is 1.51. The Bertz CT molecular complexity index is 202. The van der Waals surface area contributed by atoms with Gasteiger partial charge in [0.1, 0.15) is 0 Å². The first kappa shape index (κ1) is 14.4. The van der Waals surface area contributed by atoms with E-state index in [1.54, 1.807) is 0 Å². The summed E-state index contributed by atoms with van der Waals surface area (Å²) in [6.45, 7) is 8.35. The molecule has 1 heteroatoms. The zero-order chi connectivity index (χ0) is 12.7. The zero-order valence-corrected chi connectivity index (χ0v) is 12.6. The molecule has 3 fully saturated rings. The Balaban J connectivity index is 1.48. The fraction of sp³-hybridized carbons (Fsp3) is 1.00. The van der Waals surface area contributed by atoms with Crippen molar-refractivity contribution in [1.82, 2.24) is 0 Å². The SMILES string of the molecule is CCCCCCCCCC[N+]12CCC(CC1)CC2. The largest absolute Gasteiger partial charge is 0.324 e. The van der Waals surface area contributed by atoms with Crippen LogP contribution in [0, 0.1) is 5.92 Å². The first-order valence-corrected chi connectivity index (χ1v) is 8.70. The fourth-order valence-electron chi connectivity index (χ4n) is 4.05. The predicted molar refractivity (Wildman–Crippen MR) is 79.7 cm³/mol. The molecule has 0 amide bonds. The highest BCUT2D eigenvalue weighted by Crippen LogP contribution is 2.33. The molecule has 0 aliphatic carbocycles. The van der Waals surface area contributed by atoms with Crippen molar-refractivity contribution in [3.05, 3.63) is 0 Å². The second-order valence-electron chi connectivity index (χ2n) is 6.94. The van der Waals surface area contributed by atoms with Gasteiger partial charge < -0.3 is 4.48 Å². The van der Waals surface area contributed by atoms with Gasteiger partial charge in [-0.15, -0.1) is 0 Å². The highest BCUT2D eigenvalue weighted by atomic mass is 15.4. The van der Waals surface area contributed by atoms with Crippen LogP contribution in [-0.2, 0) is 0 Å². The average Bonchev–Trinajstić information content (AvgIpc) is 2.44. The summed E-state index contributed by atoms with van der Waals surface area (Å²) in [5, 5.41) is 0. The van der Waals surface area contributed by atoms with Crippen LogP contribution in [0.25, 0.3) is 0 Å². The van der Waals surface area contributed by atoms with Crippen molar-refractivity contribution in [3.8, 4) is 0 Å². The molecule has 0 atom stereocenters. The van der Waals surface area contributed by atoms with Crippen molar-refractivity contribution in [2.45, 2.75) is 77.6 Å². The van der Waals surface area contributed by atoms with Gasteiger partial charge in [-0.1, -0.05) is 45.4 Å². The van der Waals surface area contributed by atoms with Gasteiger partial charge in [-0.05, 0) is 38.0 Å². The molecule has 2 bridgehead atoms. The van der Waals surface area contributed by atoms with Gasteiger partial charge in [0.25, 0.3) is 0 Å². The number of fused-ring (bicyclic) bond motifs is 3. The molecular formula is C17H34N+. The van der Waals surface area contributed by atoms with Gasteiger partial charge in [0.15, 0.2) is 0 Å². The van der Waals surface area contributed by atoms with E-state index in [4.69, 9.17) is 0 Å². The number of rotatable bonds is 9. The van der Waals surface area contributed by atoms with Crippen molar-refractivity contribution in [2.75, 3.05) is 26.2 Å². The third-order valence-corrected chi connectivity index (χ3v) is 5.52. The molecule has 0 aromatic carbocycles. The third kappa shape index (κ3) is 4.26. The van der Waals surface area contributed by atoms with Gasteiger partial charge in [-0.2, -0.15) is 0 Å². The number of nitrogens with zero attached hydrogens (tertiary/aromatic N) is 1. The lowest BCUT2D eigenvalue weighted by atomic mass is 9.85. The van der Waals surface area contributed by atoms with Crippen LogP contribution in [0.5, 0.6) is 0 Å². The lowest BCUT2D eigenvalue weighted by Gasteiger charge is -2.49. The van der Waals surface area contributed by atoms with Gasteiger partial charge in [-0.25, -0.2) is 0 Å². The molecule has 3 saturated heterocycles. The Labute approximate surface area is 115 Å². The van der Waals surface area contributed by atoms with Crippen LogP contribution in [-0.4, -0.2) is 30.7 Å². The molecule has 3 rings (SSSR count). The lowest BCUT2D eigenvalue weighted by Crippen LogP contribution is -2.58. The molecular weight excluding hydrogens is 218 g/mol. The Hall–Kier alpha value is -0.0400. The molecule has 3 aliphatic heterocycles. The van der Waals surface area contributed by atoms with Crippen LogP contribution in [0.2, 0.25) is 0 Å². The van der Waals surface area contributed by atoms with E-state index in [9.17, 15) is 0 Å². The Morgan fingerprint density at radius 1 is 0.722 bits per heavy atom. The molecule has 0 unspecified atom stereocenters. The second kappa shape index (κ2) is 7.53. The Morgan fingerprint density at radius 3 is 1.78 bits per heavy atom. The Morgan fingerprint density at radius 2 is 1.22 bits per heavy atom. The lowest BCUT2D eigenvalue weighted by molar-refractivity contribution is -0.942. The van der Waals surface area contributed by atoms with Gasteiger partial charge in [0.2, 0.25) is 0 Å². The normalized spacial score (nSPS) is 30.8. The van der Waals surface area contributed by atoms with E-state index in [0.29, 0.717) is 0 Å².